The number of hydrogen-bond donors (Lipinski definition) is 1. The van der Waals surface area contributed by atoms with Gasteiger partial charge in [-0.05, 0) is 62.8 Å². The molecule has 1 aromatic rings. The minimum atomic E-state index is -0.216. The van der Waals surface area contributed by atoms with Crippen molar-refractivity contribution in [1.29, 1.82) is 0 Å². The zero-order chi connectivity index (χ0) is 15.4. The molecule has 114 valence electrons. The molecule has 0 amide bonds. The zero-order valence-corrected chi connectivity index (χ0v) is 14.1. The van der Waals surface area contributed by atoms with Crippen LogP contribution in [0.3, 0.4) is 0 Å². The van der Waals surface area contributed by atoms with Crippen LogP contribution >= 0.6 is 11.6 Å². The summed E-state index contributed by atoms with van der Waals surface area (Å²) < 4.78 is 13.4. The van der Waals surface area contributed by atoms with E-state index < -0.39 is 0 Å². The molecule has 0 saturated carbocycles. The molecular weight excluding hydrogens is 273 g/mol. The molecule has 0 saturated heterocycles. The number of halogens is 2. The second kappa shape index (κ2) is 6.91. The van der Waals surface area contributed by atoms with Gasteiger partial charge in [0.25, 0.3) is 0 Å². The van der Waals surface area contributed by atoms with E-state index in [1.54, 1.807) is 12.1 Å². The molecule has 0 aliphatic heterocycles. The van der Waals surface area contributed by atoms with Crippen molar-refractivity contribution in [1.82, 2.24) is 5.32 Å². The molecule has 0 aliphatic carbocycles. The molecule has 0 fully saturated rings. The van der Waals surface area contributed by atoms with Crippen LogP contribution in [0.2, 0.25) is 5.02 Å². The molecule has 1 N–H and O–H groups in total. The SMILES string of the molecule is CCCC(C)(CNC(C)(C)C)Cc1cc(F)ccc1Cl. The molecule has 20 heavy (non-hydrogen) atoms. The third kappa shape index (κ3) is 5.80. The Morgan fingerprint density at radius 2 is 1.85 bits per heavy atom. The lowest BCUT2D eigenvalue weighted by molar-refractivity contribution is 0.243. The maximum atomic E-state index is 13.4. The molecule has 0 spiro atoms. The highest BCUT2D eigenvalue weighted by Crippen LogP contribution is 2.31. The van der Waals surface area contributed by atoms with Crippen molar-refractivity contribution in [2.24, 2.45) is 5.41 Å². The summed E-state index contributed by atoms with van der Waals surface area (Å²) in [5.74, 6) is -0.216. The van der Waals surface area contributed by atoms with Crippen molar-refractivity contribution in [2.75, 3.05) is 6.54 Å². The zero-order valence-electron chi connectivity index (χ0n) is 13.3. The molecule has 0 bridgehead atoms. The minimum Gasteiger partial charge on any atom is -0.312 e. The topological polar surface area (TPSA) is 12.0 Å². The maximum Gasteiger partial charge on any atom is 0.123 e. The first-order valence-corrected chi connectivity index (χ1v) is 7.72. The Labute approximate surface area is 127 Å². The highest BCUT2D eigenvalue weighted by molar-refractivity contribution is 6.31. The Morgan fingerprint density at radius 1 is 1.20 bits per heavy atom. The van der Waals surface area contributed by atoms with Gasteiger partial charge in [-0.15, -0.1) is 0 Å². The fourth-order valence-corrected chi connectivity index (χ4v) is 2.64. The Hall–Kier alpha value is -0.600. The van der Waals surface area contributed by atoms with Crippen LogP contribution < -0.4 is 5.32 Å². The Kier molecular flexibility index (Phi) is 6.03. The Balaban J connectivity index is 2.87. The number of hydrogen-bond acceptors (Lipinski definition) is 1. The lowest BCUT2D eigenvalue weighted by Crippen LogP contribution is -2.43. The monoisotopic (exact) mass is 299 g/mol. The molecule has 1 unspecified atom stereocenters. The number of nitrogens with one attached hydrogen (secondary N) is 1. The molecule has 0 radical (unpaired) electrons. The number of rotatable bonds is 6. The molecule has 0 heterocycles. The molecule has 0 aliphatic rings. The van der Waals surface area contributed by atoms with E-state index in [0.29, 0.717) is 5.02 Å². The van der Waals surface area contributed by atoms with Gasteiger partial charge in [0.1, 0.15) is 5.82 Å². The highest BCUT2D eigenvalue weighted by Gasteiger charge is 2.26. The molecule has 1 aromatic carbocycles. The van der Waals surface area contributed by atoms with Gasteiger partial charge in [0.2, 0.25) is 0 Å². The van der Waals surface area contributed by atoms with Crippen LogP contribution in [0.4, 0.5) is 4.39 Å². The van der Waals surface area contributed by atoms with E-state index in [-0.39, 0.29) is 16.8 Å². The van der Waals surface area contributed by atoms with Gasteiger partial charge in [-0.1, -0.05) is 31.9 Å². The summed E-state index contributed by atoms with van der Waals surface area (Å²) in [5.41, 5.74) is 1.07. The lowest BCUT2D eigenvalue weighted by Gasteiger charge is -2.34. The predicted molar refractivity (Wildman–Crippen MR) is 85.9 cm³/mol. The largest absolute Gasteiger partial charge is 0.312 e. The summed E-state index contributed by atoms with van der Waals surface area (Å²) in [6.45, 7) is 11.8. The van der Waals surface area contributed by atoms with Crippen molar-refractivity contribution in [3.05, 3.63) is 34.6 Å². The van der Waals surface area contributed by atoms with Crippen LogP contribution in [0.25, 0.3) is 0 Å². The van der Waals surface area contributed by atoms with Gasteiger partial charge < -0.3 is 5.32 Å². The van der Waals surface area contributed by atoms with E-state index in [2.05, 4.69) is 39.9 Å². The Bertz CT molecular complexity index is 439. The molecule has 3 heteroatoms. The summed E-state index contributed by atoms with van der Waals surface area (Å²) in [7, 11) is 0. The van der Waals surface area contributed by atoms with E-state index in [1.165, 1.54) is 6.07 Å². The average Bonchev–Trinajstić information content (AvgIpc) is 2.31. The summed E-state index contributed by atoms with van der Waals surface area (Å²) in [5, 5.41) is 4.22. The van der Waals surface area contributed by atoms with Crippen molar-refractivity contribution < 1.29 is 4.39 Å². The van der Waals surface area contributed by atoms with Crippen molar-refractivity contribution in [3.8, 4) is 0 Å². The van der Waals surface area contributed by atoms with E-state index in [0.717, 1.165) is 31.4 Å². The average molecular weight is 300 g/mol. The minimum absolute atomic E-state index is 0.0828. The van der Waals surface area contributed by atoms with Crippen LogP contribution in [0.5, 0.6) is 0 Å². The van der Waals surface area contributed by atoms with E-state index in [9.17, 15) is 4.39 Å². The summed E-state index contributed by atoms with van der Waals surface area (Å²) >= 11 is 6.21. The number of benzene rings is 1. The van der Waals surface area contributed by atoms with E-state index in [1.807, 2.05) is 0 Å². The smallest absolute Gasteiger partial charge is 0.123 e. The highest BCUT2D eigenvalue weighted by atomic mass is 35.5. The first-order valence-electron chi connectivity index (χ1n) is 7.34. The van der Waals surface area contributed by atoms with Gasteiger partial charge in [0.05, 0.1) is 0 Å². The first kappa shape index (κ1) is 17.5. The second-order valence-corrected chi connectivity index (χ2v) is 7.48. The van der Waals surface area contributed by atoms with Gasteiger partial charge in [-0.2, -0.15) is 0 Å². The molecular formula is C17H27ClFN. The third-order valence-electron chi connectivity index (χ3n) is 3.52. The van der Waals surface area contributed by atoms with Crippen LogP contribution in [0.15, 0.2) is 18.2 Å². The van der Waals surface area contributed by atoms with Crippen molar-refractivity contribution in [2.45, 2.75) is 59.4 Å². The molecule has 0 aromatic heterocycles. The van der Waals surface area contributed by atoms with E-state index >= 15 is 0 Å². The van der Waals surface area contributed by atoms with Crippen LogP contribution in [-0.4, -0.2) is 12.1 Å². The first-order chi connectivity index (χ1) is 9.15. The van der Waals surface area contributed by atoms with Gasteiger partial charge in [-0.25, -0.2) is 4.39 Å². The summed E-state index contributed by atoms with van der Waals surface area (Å²) in [6.07, 6.45) is 2.98. The molecule has 1 rings (SSSR count). The van der Waals surface area contributed by atoms with Crippen LogP contribution in [-0.2, 0) is 6.42 Å². The van der Waals surface area contributed by atoms with Crippen molar-refractivity contribution >= 4 is 11.6 Å². The van der Waals surface area contributed by atoms with Gasteiger partial charge in [-0.3, -0.25) is 0 Å². The third-order valence-corrected chi connectivity index (χ3v) is 3.89. The Morgan fingerprint density at radius 3 is 2.40 bits per heavy atom. The van der Waals surface area contributed by atoms with Crippen LogP contribution in [0, 0.1) is 11.2 Å². The summed E-state index contributed by atoms with van der Waals surface area (Å²) in [4.78, 5) is 0. The van der Waals surface area contributed by atoms with E-state index in [4.69, 9.17) is 11.6 Å². The van der Waals surface area contributed by atoms with Gasteiger partial charge in [0, 0.05) is 17.1 Å². The van der Waals surface area contributed by atoms with Gasteiger partial charge >= 0.3 is 0 Å². The molecule has 1 atom stereocenters. The normalized spacial score (nSPS) is 15.2. The summed E-state index contributed by atoms with van der Waals surface area (Å²) in [6, 6.07) is 4.62. The molecule has 1 nitrogen and oxygen atoms in total. The lowest BCUT2D eigenvalue weighted by atomic mass is 9.79. The van der Waals surface area contributed by atoms with Gasteiger partial charge in [0.15, 0.2) is 0 Å². The second-order valence-electron chi connectivity index (χ2n) is 7.08. The van der Waals surface area contributed by atoms with Crippen molar-refractivity contribution in [3.63, 3.8) is 0 Å². The maximum absolute atomic E-state index is 13.4. The van der Waals surface area contributed by atoms with Crippen LogP contribution in [0.1, 0.15) is 53.0 Å². The standard InChI is InChI=1S/C17H27ClFN/c1-6-9-17(5,12-20-16(2,3)4)11-13-10-14(19)7-8-15(13)18/h7-8,10,20H,6,9,11-12H2,1-5H3. The fraction of sp³-hybridized carbons (Fsp3) is 0.647. The fourth-order valence-electron chi connectivity index (χ4n) is 2.46. The quantitative estimate of drug-likeness (QED) is 0.759. The predicted octanol–water partition coefficient (Wildman–Crippen LogP) is 5.22.